The fourth-order valence-electron chi connectivity index (χ4n) is 3.23. The number of rotatable bonds is 4. The lowest BCUT2D eigenvalue weighted by Crippen LogP contribution is -2.36. The Bertz CT molecular complexity index is 791. The van der Waals surface area contributed by atoms with Gasteiger partial charge in [0.1, 0.15) is 11.9 Å². The lowest BCUT2D eigenvalue weighted by Gasteiger charge is -2.33. The molecule has 6 nitrogen and oxygen atoms in total. The molecule has 0 saturated carbocycles. The van der Waals surface area contributed by atoms with E-state index in [9.17, 15) is 5.26 Å². The van der Waals surface area contributed by atoms with Crippen LogP contribution < -0.4 is 9.64 Å². The first-order valence-electron chi connectivity index (χ1n) is 8.62. The summed E-state index contributed by atoms with van der Waals surface area (Å²) in [6, 6.07) is 4.27. The standard InChI is InChI=1S/C19H23N5O/c1-13-10-14(2)23-18(17(13)11-20)24-8-4-16(5-9-24)12-25-19-15(3)21-6-7-22-19/h6-7,10,16H,4-5,8-9,12H2,1-3H3. The van der Waals surface area contributed by atoms with Gasteiger partial charge in [-0.15, -0.1) is 0 Å². The van der Waals surface area contributed by atoms with Crippen molar-refractivity contribution in [1.82, 2.24) is 15.0 Å². The fraction of sp³-hybridized carbons (Fsp3) is 0.474. The molecule has 2 aromatic rings. The van der Waals surface area contributed by atoms with Crippen LogP contribution in [0.4, 0.5) is 5.82 Å². The summed E-state index contributed by atoms with van der Waals surface area (Å²) in [7, 11) is 0. The van der Waals surface area contributed by atoms with Gasteiger partial charge >= 0.3 is 0 Å². The summed E-state index contributed by atoms with van der Waals surface area (Å²) in [5.41, 5.74) is 3.46. The van der Waals surface area contributed by atoms with Crippen LogP contribution in [0.25, 0.3) is 0 Å². The van der Waals surface area contributed by atoms with Gasteiger partial charge in [-0.2, -0.15) is 5.26 Å². The predicted octanol–water partition coefficient (Wildman–Crippen LogP) is 2.96. The number of hydrogen-bond acceptors (Lipinski definition) is 6. The molecular weight excluding hydrogens is 314 g/mol. The number of hydrogen-bond donors (Lipinski definition) is 0. The van der Waals surface area contributed by atoms with Crippen LogP contribution in [0, 0.1) is 38.0 Å². The maximum atomic E-state index is 9.46. The van der Waals surface area contributed by atoms with Crippen molar-refractivity contribution >= 4 is 5.82 Å². The quantitative estimate of drug-likeness (QED) is 0.854. The van der Waals surface area contributed by atoms with E-state index in [0.717, 1.165) is 48.7 Å². The minimum atomic E-state index is 0.481. The Morgan fingerprint density at radius 1 is 1.20 bits per heavy atom. The van der Waals surface area contributed by atoms with Gasteiger partial charge in [0.2, 0.25) is 5.88 Å². The molecule has 3 rings (SSSR count). The van der Waals surface area contributed by atoms with E-state index in [1.165, 1.54) is 0 Å². The third-order valence-corrected chi connectivity index (χ3v) is 4.64. The molecule has 0 aromatic carbocycles. The maximum absolute atomic E-state index is 9.46. The molecule has 0 N–H and O–H groups in total. The second kappa shape index (κ2) is 7.47. The molecule has 3 heterocycles. The van der Waals surface area contributed by atoms with E-state index >= 15 is 0 Å². The molecule has 0 bridgehead atoms. The molecule has 6 heteroatoms. The molecule has 130 valence electrons. The van der Waals surface area contributed by atoms with E-state index in [1.54, 1.807) is 12.4 Å². The van der Waals surface area contributed by atoms with Gasteiger partial charge in [0, 0.05) is 31.2 Å². The topological polar surface area (TPSA) is 74.9 Å². The van der Waals surface area contributed by atoms with Crippen LogP contribution >= 0.6 is 0 Å². The molecule has 1 fully saturated rings. The highest BCUT2D eigenvalue weighted by molar-refractivity contribution is 5.58. The number of anilines is 1. The van der Waals surface area contributed by atoms with Gasteiger partial charge in [0.25, 0.3) is 0 Å². The molecule has 1 saturated heterocycles. The van der Waals surface area contributed by atoms with E-state index < -0.39 is 0 Å². The van der Waals surface area contributed by atoms with Crippen molar-refractivity contribution in [2.45, 2.75) is 33.6 Å². The molecule has 0 atom stereocenters. The van der Waals surface area contributed by atoms with Crippen molar-refractivity contribution in [2.24, 2.45) is 5.92 Å². The first kappa shape index (κ1) is 17.2. The number of piperidine rings is 1. The zero-order chi connectivity index (χ0) is 17.8. The van der Waals surface area contributed by atoms with Crippen LogP contribution in [0.5, 0.6) is 5.88 Å². The molecule has 0 spiro atoms. The van der Waals surface area contributed by atoms with Crippen LogP contribution in [0.15, 0.2) is 18.5 Å². The third-order valence-electron chi connectivity index (χ3n) is 4.64. The summed E-state index contributed by atoms with van der Waals surface area (Å²) in [4.78, 5) is 15.3. The lowest BCUT2D eigenvalue weighted by atomic mass is 9.97. The Morgan fingerprint density at radius 2 is 1.92 bits per heavy atom. The van der Waals surface area contributed by atoms with Crippen LogP contribution in [0.3, 0.4) is 0 Å². The van der Waals surface area contributed by atoms with Crippen molar-refractivity contribution in [3.63, 3.8) is 0 Å². The Kier molecular flexibility index (Phi) is 5.13. The third kappa shape index (κ3) is 3.87. The van der Waals surface area contributed by atoms with Gasteiger partial charge < -0.3 is 9.64 Å². The number of nitrogens with zero attached hydrogens (tertiary/aromatic N) is 5. The maximum Gasteiger partial charge on any atom is 0.235 e. The van der Waals surface area contributed by atoms with Gasteiger partial charge in [0.15, 0.2) is 0 Å². The van der Waals surface area contributed by atoms with Gasteiger partial charge in [-0.25, -0.2) is 9.97 Å². The van der Waals surface area contributed by atoms with Crippen LogP contribution in [0.1, 0.15) is 35.4 Å². The van der Waals surface area contributed by atoms with E-state index in [2.05, 4.69) is 25.9 Å². The van der Waals surface area contributed by atoms with Gasteiger partial charge in [-0.3, -0.25) is 4.98 Å². The van der Waals surface area contributed by atoms with E-state index in [1.807, 2.05) is 26.8 Å². The highest BCUT2D eigenvalue weighted by Crippen LogP contribution is 2.27. The predicted molar refractivity (Wildman–Crippen MR) is 95.6 cm³/mol. The molecule has 0 aliphatic carbocycles. The summed E-state index contributed by atoms with van der Waals surface area (Å²) in [5, 5.41) is 9.46. The van der Waals surface area contributed by atoms with E-state index in [-0.39, 0.29) is 0 Å². The van der Waals surface area contributed by atoms with Crippen molar-refractivity contribution < 1.29 is 4.74 Å². The van der Waals surface area contributed by atoms with Crippen LogP contribution in [-0.4, -0.2) is 34.6 Å². The number of pyridine rings is 1. The number of nitriles is 1. The summed E-state index contributed by atoms with van der Waals surface area (Å²) in [6.07, 6.45) is 5.35. The van der Waals surface area contributed by atoms with Crippen molar-refractivity contribution in [1.29, 1.82) is 5.26 Å². The molecule has 1 aliphatic heterocycles. The second-order valence-corrected chi connectivity index (χ2v) is 6.58. The zero-order valence-corrected chi connectivity index (χ0v) is 15.0. The van der Waals surface area contributed by atoms with Crippen LogP contribution in [0.2, 0.25) is 0 Å². The average Bonchev–Trinajstić information content (AvgIpc) is 2.61. The summed E-state index contributed by atoms with van der Waals surface area (Å²) < 4.78 is 5.84. The lowest BCUT2D eigenvalue weighted by molar-refractivity contribution is 0.214. The molecule has 25 heavy (non-hydrogen) atoms. The Balaban J connectivity index is 1.61. The molecule has 0 unspecified atom stereocenters. The Labute approximate surface area is 148 Å². The summed E-state index contributed by atoms with van der Waals surface area (Å²) >= 11 is 0. The first-order chi connectivity index (χ1) is 12.1. The van der Waals surface area contributed by atoms with Crippen molar-refractivity contribution in [2.75, 3.05) is 24.6 Å². The average molecular weight is 337 g/mol. The van der Waals surface area contributed by atoms with Crippen molar-refractivity contribution in [3.05, 3.63) is 41.0 Å². The van der Waals surface area contributed by atoms with Gasteiger partial charge in [-0.1, -0.05) is 0 Å². The Morgan fingerprint density at radius 3 is 2.60 bits per heavy atom. The number of ether oxygens (including phenoxy) is 1. The molecule has 0 radical (unpaired) electrons. The van der Waals surface area contributed by atoms with E-state index in [4.69, 9.17) is 4.74 Å². The Hall–Kier alpha value is -2.68. The number of aromatic nitrogens is 3. The van der Waals surface area contributed by atoms with E-state index in [0.29, 0.717) is 24.0 Å². The molecule has 0 amide bonds. The minimum absolute atomic E-state index is 0.481. The highest BCUT2D eigenvalue weighted by atomic mass is 16.5. The zero-order valence-electron chi connectivity index (χ0n) is 15.0. The fourth-order valence-corrected chi connectivity index (χ4v) is 3.23. The smallest absolute Gasteiger partial charge is 0.235 e. The molecule has 2 aromatic heterocycles. The van der Waals surface area contributed by atoms with Gasteiger partial charge in [-0.05, 0) is 51.2 Å². The molecular formula is C19H23N5O. The molecule has 1 aliphatic rings. The number of aryl methyl sites for hydroxylation is 3. The SMILES string of the molecule is Cc1cc(C)c(C#N)c(N2CCC(COc3nccnc3C)CC2)n1. The first-order valence-corrected chi connectivity index (χ1v) is 8.62. The summed E-state index contributed by atoms with van der Waals surface area (Å²) in [6.45, 7) is 8.27. The highest BCUT2D eigenvalue weighted by Gasteiger charge is 2.23. The normalized spacial score (nSPS) is 15.0. The van der Waals surface area contributed by atoms with Crippen molar-refractivity contribution in [3.8, 4) is 11.9 Å². The summed E-state index contributed by atoms with van der Waals surface area (Å²) in [5.74, 6) is 1.92. The second-order valence-electron chi connectivity index (χ2n) is 6.58. The monoisotopic (exact) mass is 337 g/mol. The van der Waals surface area contributed by atoms with Crippen LogP contribution in [-0.2, 0) is 0 Å². The minimum Gasteiger partial charge on any atom is -0.476 e. The largest absolute Gasteiger partial charge is 0.476 e. The van der Waals surface area contributed by atoms with Gasteiger partial charge in [0.05, 0.1) is 17.9 Å².